The van der Waals surface area contributed by atoms with Crippen LogP contribution < -0.4 is 16.0 Å². The molecular weight excluding hydrogens is 533 g/mol. The van der Waals surface area contributed by atoms with Crippen LogP contribution in [0.15, 0.2) is 30.3 Å². The number of ether oxygens (including phenoxy) is 1. The average molecular weight is 584 g/mol. The van der Waals surface area contributed by atoms with Crippen molar-refractivity contribution in [3.63, 3.8) is 0 Å². The van der Waals surface area contributed by atoms with Crippen LogP contribution in [0.1, 0.15) is 86.6 Å². The molecule has 1 aliphatic heterocycles. The Balaban J connectivity index is 1.43. The molecule has 0 spiro atoms. The second-order valence-electron chi connectivity index (χ2n) is 14.6. The smallest absolute Gasteiger partial charge is 0.444 e. The van der Waals surface area contributed by atoms with Crippen LogP contribution in [0.3, 0.4) is 0 Å². The minimum absolute atomic E-state index is 0.00886. The number of amides is 3. The number of carbonyl (C=O) groups excluding carboxylic acids is 3. The molecule has 1 heterocycles. The molecule has 3 aliphatic carbocycles. The van der Waals surface area contributed by atoms with E-state index >= 15 is 0 Å². The molecule has 1 aromatic rings. The number of carbonyl (C=O) groups is 3. The van der Waals surface area contributed by atoms with Gasteiger partial charge in [-0.1, -0.05) is 58.0 Å². The van der Waals surface area contributed by atoms with E-state index < -0.39 is 42.3 Å². The summed E-state index contributed by atoms with van der Waals surface area (Å²) in [5, 5.41) is 8.59. The van der Waals surface area contributed by atoms with Gasteiger partial charge in [0.1, 0.15) is 11.6 Å². The zero-order valence-electron chi connectivity index (χ0n) is 26.6. The van der Waals surface area contributed by atoms with E-state index in [0.717, 1.165) is 18.4 Å². The van der Waals surface area contributed by atoms with Gasteiger partial charge in [0.25, 0.3) is 0 Å². The maximum absolute atomic E-state index is 13.7. The summed E-state index contributed by atoms with van der Waals surface area (Å²) in [7, 11) is -0.593. The van der Waals surface area contributed by atoms with Crippen LogP contribution in [0.4, 0.5) is 4.79 Å². The summed E-state index contributed by atoms with van der Waals surface area (Å²) >= 11 is 0. The highest BCUT2D eigenvalue weighted by molar-refractivity contribution is 6.48. The topological polar surface area (TPSA) is 115 Å². The number of hydrogen-bond donors (Lipinski definition) is 3. The highest BCUT2D eigenvalue weighted by Crippen LogP contribution is 2.65. The molecule has 0 radical (unpaired) electrons. The fourth-order valence-electron chi connectivity index (χ4n) is 6.97. The monoisotopic (exact) mass is 583 g/mol. The van der Waals surface area contributed by atoms with Crippen LogP contribution in [0.5, 0.6) is 0 Å². The summed E-state index contributed by atoms with van der Waals surface area (Å²) in [6.07, 6.45) is 2.84. The third-order valence-corrected chi connectivity index (χ3v) is 9.34. The normalized spacial score (nSPS) is 27.4. The van der Waals surface area contributed by atoms with Gasteiger partial charge < -0.3 is 30.0 Å². The minimum Gasteiger partial charge on any atom is -0.444 e. The zero-order chi connectivity index (χ0) is 30.9. The number of rotatable bonds is 11. The molecule has 9 nitrogen and oxygen atoms in total. The summed E-state index contributed by atoms with van der Waals surface area (Å²) in [6.45, 7) is 16.2. The first-order valence-corrected chi connectivity index (χ1v) is 15.5. The lowest BCUT2D eigenvalue weighted by Crippen LogP contribution is -2.65. The third kappa shape index (κ3) is 7.49. The number of nitrogens with one attached hydrogen (secondary N) is 3. The van der Waals surface area contributed by atoms with Gasteiger partial charge in [-0.2, -0.15) is 0 Å². The van der Waals surface area contributed by atoms with Gasteiger partial charge in [-0.05, 0) is 82.1 Å². The average Bonchev–Trinajstić information content (AvgIpc) is 3.25. The maximum Gasteiger partial charge on any atom is 0.481 e. The van der Waals surface area contributed by atoms with Gasteiger partial charge in [0.15, 0.2) is 0 Å². The SMILES string of the molecule is CC(C)C[C@H](NC(=O)[C@H](CNC(=O)CCc1ccccc1)NC(=O)OC(C)(C)C)B1O[C@@H]2C[C@H]3C[C@H](C3(C)C)[C@]2(C)O1. The van der Waals surface area contributed by atoms with Crippen molar-refractivity contribution in [2.45, 2.75) is 117 Å². The zero-order valence-corrected chi connectivity index (χ0v) is 26.6. The van der Waals surface area contributed by atoms with E-state index in [1.54, 1.807) is 20.8 Å². The standard InChI is InChI=1S/C32H50BN3O6/c1-20(2)16-26(33-41-25-18-22-17-24(31(22,6)7)32(25,8)42-33)36-28(38)23(35-29(39)40-30(3,4)5)19-34-27(37)15-14-21-12-10-9-11-13-21/h9-13,20,22-26H,14-19H2,1-8H3,(H,34,37)(H,35,39)(H,36,38)/t22-,23+,24-,25-,26+,32+/m1/s1. The largest absolute Gasteiger partial charge is 0.481 e. The van der Waals surface area contributed by atoms with E-state index in [4.69, 9.17) is 14.0 Å². The molecule has 1 aromatic carbocycles. The molecule has 0 unspecified atom stereocenters. The van der Waals surface area contributed by atoms with Crippen molar-refractivity contribution in [2.75, 3.05) is 6.54 Å². The maximum atomic E-state index is 13.7. The molecule has 5 rings (SSSR count). The van der Waals surface area contributed by atoms with E-state index in [9.17, 15) is 14.4 Å². The van der Waals surface area contributed by atoms with E-state index in [2.05, 4.69) is 50.6 Å². The van der Waals surface area contributed by atoms with Crippen LogP contribution >= 0.6 is 0 Å². The molecule has 232 valence electrons. The molecule has 1 saturated heterocycles. The Bertz CT molecular complexity index is 1120. The molecule has 3 amide bonds. The van der Waals surface area contributed by atoms with Gasteiger partial charge in [0.2, 0.25) is 11.8 Å². The van der Waals surface area contributed by atoms with Crippen LogP contribution in [-0.4, -0.2) is 60.9 Å². The van der Waals surface area contributed by atoms with E-state index in [0.29, 0.717) is 24.7 Å². The lowest BCUT2D eigenvalue weighted by atomic mass is 9.43. The van der Waals surface area contributed by atoms with Crippen LogP contribution in [0.2, 0.25) is 0 Å². The van der Waals surface area contributed by atoms with Gasteiger partial charge in [0, 0.05) is 13.0 Å². The second kappa shape index (κ2) is 12.6. The number of hydrogen-bond acceptors (Lipinski definition) is 6. The number of aryl methyl sites for hydroxylation is 1. The quantitative estimate of drug-likeness (QED) is 0.332. The first kappa shape index (κ1) is 32.3. The fraction of sp³-hybridized carbons (Fsp3) is 0.719. The Morgan fingerprint density at radius 2 is 1.76 bits per heavy atom. The van der Waals surface area contributed by atoms with Crippen molar-refractivity contribution >= 4 is 25.0 Å². The summed E-state index contributed by atoms with van der Waals surface area (Å²) in [5.74, 6) is 0.236. The van der Waals surface area contributed by atoms with Crippen LogP contribution in [-0.2, 0) is 30.1 Å². The molecule has 4 aliphatic rings. The predicted molar refractivity (Wildman–Crippen MR) is 162 cm³/mol. The van der Waals surface area contributed by atoms with Crippen molar-refractivity contribution in [1.82, 2.24) is 16.0 Å². The summed E-state index contributed by atoms with van der Waals surface area (Å²) in [4.78, 5) is 39.1. The lowest BCUT2D eigenvalue weighted by Gasteiger charge is -2.64. The Morgan fingerprint density at radius 1 is 1.07 bits per heavy atom. The van der Waals surface area contributed by atoms with E-state index in [1.807, 2.05) is 30.3 Å². The summed E-state index contributed by atoms with van der Waals surface area (Å²) < 4.78 is 18.6. The van der Waals surface area contributed by atoms with E-state index in [-0.39, 0.29) is 36.3 Å². The minimum atomic E-state index is -1.04. The summed E-state index contributed by atoms with van der Waals surface area (Å²) in [5.41, 5.74) is 0.123. The molecular formula is C32H50BN3O6. The first-order chi connectivity index (χ1) is 19.6. The molecule has 6 atom stereocenters. The summed E-state index contributed by atoms with van der Waals surface area (Å²) in [6, 6.07) is 8.70. The van der Waals surface area contributed by atoms with Crippen molar-refractivity contribution in [3.8, 4) is 0 Å². The molecule has 42 heavy (non-hydrogen) atoms. The third-order valence-electron chi connectivity index (χ3n) is 9.34. The van der Waals surface area contributed by atoms with Gasteiger partial charge in [-0.3, -0.25) is 9.59 Å². The van der Waals surface area contributed by atoms with Crippen LogP contribution in [0.25, 0.3) is 0 Å². The van der Waals surface area contributed by atoms with Gasteiger partial charge in [-0.25, -0.2) is 4.79 Å². The number of benzene rings is 1. The number of alkyl carbamates (subject to hydrolysis) is 1. The molecule has 2 bridgehead atoms. The molecule has 3 saturated carbocycles. The van der Waals surface area contributed by atoms with Crippen molar-refractivity contribution in [2.24, 2.45) is 23.2 Å². The Morgan fingerprint density at radius 3 is 2.38 bits per heavy atom. The second-order valence-corrected chi connectivity index (χ2v) is 14.6. The molecule has 3 N–H and O–H groups in total. The lowest BCUT2D eigenvalue weighted by molar-refractivity contribution is -0.199. The van der Waals surface area contributed by atoms with Gasteiger partial charge in [-0.15, -0.1) is 0 Å². The molecule has 0 aromatic heterocycles. The predicted octanol–water partition coefficient (Wildman–Crippen LogP) is 4.43. The van der Waals surface area contributed by atoms with Crippen molar-refractivity contribution in [3.05, 3.63) is 35.9 Å². The Kier molecular flexibility index (Phi) is 9.67. The molecule has 10 heteroatoms. The first-order valence-electron chi connectivity index (χ1n) is 15.5. The van der Waals surface area contributed by atoms with Crippen molar-refractivity contribution in [1.29, 1.82) is 0 Å². The Hall–Kier alpha value is -2.59. The fourth-order valence-corrected chi connectivity index (χ4v) is 6.97. The van der Waals surface area contributed by atoms with Gasteiger partial charge >= 0.3 is 13.2 Å². The molecule has 4 fully saturated rings. The highest BCUT2D eigenvalue weighted by atomic mass is 16.7. The van der Waals surface area contributed by atoms with Gasteiger partial charge in [0.05, 0.1) is 17.6 Å². The Labute approximate surface area is 251 Å². The van der Waals surface area contributed by atoms with Crippen molar-refractivity contribution < 1.29 is 28.4 Å². The highest BCUT2D eigenvalue weighted by Gasteiger charge is 2.68. The van der Waals surface area contributed by atoms with Crippen LogP contribution in [0, 0.1) is 23.2 Å². The van der Waals surface area contributed by atoms with E-state index in [1.165, 1.54) is 0 Å².